The van der Waals surface area contributed by atoms with Crippen LogP contribution in [-0.2, 0) is 16.0 Å². The van der Waals surface area contributed by atoms with E-state index in [1.165, 1.54) is 0 Å². The van der Waals surface area contributed by atoms with Crippen molar-refractivity contribution in [3.8, 4) is 0 Å². The van der Waals surface area contributed by atoms with Gasteiger partial charge in [-0.25, -0.2) is 0 Å². The van der Waals surface area contributed by atoms with Crippen LogP contribution in [0.1, 0.15) is 41.3 Å². The highest BCUT2D eigenvalue weighted by atomic mass is 16.5. The Bertz CT molecular complexity index is 659. The summed E-state index contributed by atoms with van der Waals surface area (Å²) >= 11 is 0. The second-order valence-corrected chi connectivity index (χ2v) is 5.99. The van der Waals surface area contributed by atoms with E-state index >= 15 is 0 Å². The second kappa shape index (κ2) is 9.02. The zero-order valence-electron chi connectivity index (χ0n) is 14.3. The van der Waals surface area contributed by atoms with Crippen LogP contribution in [0.2, 0.25) is 0 Å². The molecule has 24 heavy (non-hydrogen) atoms. The first kappa shape index (κ1) is 17.9. The molecule has 126 valence electrons. The molecule has 0 aliphatic rings. The van der Waals surface area contributed by atoms with Crippen molar-refractivity contribution in [2.24, 2.45) is 5.92 Å². The summed E-state index contributed by atoms with van der Waals surface area (Å²) in [5.41, 5.74) is 2.58. The predicted octanol–water partition coefficient (Wildman–Crippen LogP) is 4.38. The first-order valence-electron chi connectivity index (χ1n) is 8.43. The number of carbonyl (C=O) groups is 2. The van der Waals surface area contributed by atoms with Gasteiger partial charge >= 0.3 is 5.97 Å². The van der Waals surface area contributed by atoms with Gasteiger partial charge in [0.2, 0.25) is 0 Å². The number of unbranched alkanes of at least 4 members (excludes halogenated alkanes) is 1. The van der Waals surface area contributed by atoms with E-state index in [9.17, 15) is 9.59 Å². The fraction of sp³-hybridized carbons (Fsp3) is 0.333. The van der Waals surface area contributed by atoms with Gasteiger partial charge in [-0.2, -0.15) is 0 Å². The van der Waals surface area contributed by atoms with Gasteiger partial charge < -0.3 is 4.74 Å². The van der Waals surface area contributed by atoms with E-state index < -0.39 is 11.9 Å². The van der Waals surface area contributed by atoms with Crippen molar-refractivity contribution in [3.05, 3.63) is 71.3 Å². The molecule has 0 spiro atoms. The topological polar surface area (TPSA) is 43.4 Å². The molecule has 0 saturated heterocycles. The molecule has 0 amide bonds. The number of benzene rings is 2. The smallest absolute Gasteiger partial charge is 0.317 e. The molecule has 0 aliphatic heterocycles. The van der Waals surface area contributed by atoms with Gasteiger partial charge in [-0.05, 0) is 25.3 Å². The van der Waals surface area contributed by atoms with Crippen LogP contribution in [-0.4, -0.2) is 18.4 Å². The molecule has 1 atom stereocenters. The number of Topliss-reactive ketones (excluding diaryl/α,β-unsaturated/α-hetero) is 1. The summed E-state index contributed by atoms with van der Waals surface area (Å²) in [6.45, 7) is 4.36. The third-order valence-corrected chi connectivity index (χ3v) is 3.96. The van der Waals surface area contributed by atoms with E-state index in [1.807, 2.05) is 56.3 Å². The first-order valence-corrected chi connectivity index (χ1v) is 8.43. The fourth-order valence-electron chi connectivity index (χ4n) is 2.47. The molecule has 2 aromatic rings. The predicted molar refractivity (Wildman–Crippen MR) is 95.0 cm³/mol. The molecule has 0 fully saturated rings. The maximum Gasteiger partial charge on any atom is 0.317 e. The molecule has 3 heteroatoms. The van der Waals surface area contributed by atoms with Gasteiger partial charge in [0.15, 0.2) is 5.78 Å². The van der Waals surface area contributed by atoms with Gasteiger partial charge in [0.05, 0.1) is 6.61 Å². The molecule has 0 N–H and O–H groups in total. The second-order valence-electron chi connectivity index (χ2n) is 5.99. The van der Waals surface area contributed by atoms with Crippen LogP contribution in [0, 0.1) is 12.8 Å². The van der Waals surface area contributed by atoms with Crippen molar-refractivity contribution in [2.45, 2.75) is 33.1 Å². The summed E-state index contributed by atoms with van der Waals surface area (Å²) in [4.78, 5) is 25.3. The third-order valence-electron chi connectivity index (χ3n) is 3.96. The summed E-state index contributed by atoms with van der Waals surface area (Å²) in [7, 11) is 0. The van der Waals surface area contributed by atoms with Crippen molar-refractivity contribution >= 4 is 11.8 Å². The Kier molecular flexibility index (Phi) is 6.74. The zero-order valence-corrected chi connectivity index (χ0v) is 14.3. The van der Waals surface area contributed by atoms with Gasteiger partial charge in [-0.15, -0.1) is 0 Å². The molecular weight excluding hydrogens is 300 g/mol. The van der Waals surface area contributed by atoms with E-state index in [0.717, 1.165) is 24.0 Å². The summed E-state index contributed by atoms with van der Waals surface area (Å²) in [5.74, 6) is -1.41. The van der Waals surface area contributed by atoms with Crippen LogP contribution in [0.25, 0.3) is 0 Å². The molecule has 0 radical (unpaired) electrons. The molecule has 0 heterocycles. The molecule has 0 bridgehead atoms. The SMILES string of the molecule is CCCCOC(=O)C(Cc1ccccc1)C(=O)c1ccc(C)cc1. The summed E-state index contributed by atoms with van der Waals surface area (Å²) in [5, 5.41) is 0. The number of hydrogen-bond acceptors (Lipinski definition) is 3. The Morgan fingerprint density at radius 2 is 1.67 bits per heavy atom. The van der Waals surface area contributed by atoms with Gasteiger partial charge in [0.1, 0.15) is 5.92 Å². The van der Waals surface area contributed by atoms with E-state index in [4.69, 9.17) is 4.74 Å². The number of ether oxygens (including phenoxy) is 1. The van der Waals surface area contributed by atoms with E-state index in [1.54, 1.807) is 12.1 Å². The van der Waals surface area contributed by atoms with Crippen LogP contribution in [0.4, 0.5) is 0 Å². The molecule has 2 aromatic carbocycles. The molecule has 3 nitrogen and oxygen atoms in total. The Balaban J connectivity index is 2.19. The minimum absolute atomic E-state index is 0.180. The monoisotopic (exact) mass is 324 g/mol. The first-order chi connectivity index (χ1) is 11.6. The Morgan fingerprint density at radius 3 is 2.29 bits per heavy atom. The number of hydrogen-bond donors (Lipinski definition) is 0. The molecular formula is C21H24O3. The lowest BCUT2D eigenvalue weighted by molar-refractivity contribution is -0.146. The summed E-state index contributed by atoms with van der Waals surface area (Å²) < 4.78 is 5.32. The lowest BCUT2D eigenvalue weighted by Crippen LogP contribution is -2.28. The van der Waals surface area contributed by atoms with Gasteiger partial charge in [0.25, 0.3) is 0 Å². The number of carbonyl (C=O) groups excluding carboxylic acids is 2. The molecule has 0 saturated carbocycles. The molecule has 0 aliphatic carbocycles. The average molecular weight is 324 g/mol. The van der Waals surface area contributed by atoms with Gasteiger partial charge in [-0.1, -0.05) is 73.5 Å². The molecule has 1 unspecified atom stereocenters. The Morgan fingerprint density at radius 1 is 1.00 bits per heavy atom. The van der Waals surface area contributed by atoms with E-state index in [0.29, 0.717) is 18.6 Å². The van der Waals surface area contributed by atoms with Crippen molar-refractivity contribution in [3.63, 3.8) is 0 Å². The minimum Gasteiger partial charge on any atom is -0.465 e. The highest BCUT2D eigenvalue weighted by Gasteiger charge is 2.29. The number of rotatable bonds is 8. The number of ketones is 1. The summed E-state index contributed by atoms with van der Waals surface area (Å²) in [6.07, 6.45) is 2.11. The van der Waals surface area contributed by atoms with Crippen molar-refractivity contribution in [2.75, 3.05) is 6.61 Å². The summed E-state index contributed by atoms with van der Waals surface area (Å²) in [6, 6.07) is 16.9. The van der Waals surface area contributed by atoms with Gasteiger partial charge in [-0.3, -0.25) is 9.59 Å². The van der Waals surface area contributed by atoms with Crippen molar-refractivity contribution < 1.29 is 14.3 Å². The average Bonchev–Trinajstić information content (AvgIpc) is 2.61. The highest BCUT2D eigenvalue weighted by Crippen LogP contribution is 2.17. The zero-order chi connectivity index (χ0) is 17.4. The Hall–Kier alpha value is -2.42. The molecule has 2 rings (SSSR count). The minimum atomic E-state index is -0.799. The van der Waals surface area contributed by atoms with Crippen molar-refractivity contribution in [1.82, 2.24) is 0 Å². The van der Waals surface area contributed by atoms with Crippen LogP contribution in [0.5, 0.6) is 0 Å². The maximum atomic E-state index is 12.8. The third kappa shape index (κ3) is 5.05. The maximum absolute atomic E-state index is 12.8. The lowest BCUT2D eigenvalue weighted by atomic mass is 9.91. The quantitative estimate of drug-likeness (QED) is 0.313. The van der Waals surface area contributed by atoms with Crippen LogP contribution in [0.3, 0.4) is 0 Å². The van der Waals surface area contributed by atoms with E-state index in [-0.39, 0.29) is 5.78 Å². The Labute approximate surface area is 143 Å². The fourth-order valence-corrected chi connectivity index (χ4v) is 2.47. The standard InChI is InChI=1S/C21H24O3/c1-3-4-14-24-21(23)19(15-17-8-6-5-7-9-17)20(22)18-12-10-16(2)11-13-18/h5-13,19H,3-4,14-15H2,1-2H3. The molecule has 0 aromatic heterocycles. The van der Waals surface area contributed by atoms with Gasteiger partial charge in [0, 0.05) is 5.56 Å². The largest absolute Gasteiger partial charge is 0.465 e. The van der Waals surface area contributed by atoms with Crippen LogP contribution >= 0.6 is 0 Å². The lowest BCUT2D eigenvalue weighted by Gasteiger charge is -2.15. The van der Waals surface area contributed by atoms with Crippen LogP contribution < -0.4 is 0 Å². The number of aryl methyl sites for hydroxylation is 1. The van der Waals surface area contributed by atoms with Crippen molar-refractivity contribution in [1.29, 1.82) is 0 Å². The highest BCUT2D eigenvalue weighted by molar-refractivity contribution is 6.08. The van der Waals surface area contributed by atoms with Crippen LogP contribution in [0.15, 0.2) is 54.6 Å². The normalized spacial score (nSPS) is 11.8. The number of esters is 1. The van der Waals surface area contributed by atoms with E-state index in [2.05, 4.69) is 0 Å².